The zero-order chi connectivity index (χ0) is 23.4. The number of para-hydroxylation sites is 4. The largest absolute Gasteiger partial charge is 0.397 e. The summed E-state index contributed by atoms with van der Waals surface area (Å²) in [5, 5.41) is 21.2. The number of imidazole rings is 2. The minimum absolute atomic E-state index is 0.180. The van der Waals surface area contributed by atoms with Gasteiger partial charge in [-0.2, -0.15) is 0 Å². The van der Waals surface area contributed by atoms with E-state index < -0.39 is 9.85 Å². The summed E-state index contributed by atoms with van der Waals surface area (Å²) in [6.07, 6.45) is 2.72. The molecule has 2 heterocycles. The Balaban J connectivity index is 0.000000181. The van der Waals surface area contributed by atoms with E-state index >= 15 is 0 Å². The Bertz CT molecular complexity index is 1190. The van der Waals surface area contributed by atoms with E-state index in [2.05, 4.69) is 9.97 Å². The molecule has 0 atom stereocenters. The predicted octanol–water partition coefficient (Wildman–Crippen LogP) is 3.34. The van der Waals surface area contributed by atoms with Crippen LogP contribution in [0, 0.1) is 34.1 Å². The molecular formula is C20H20N8O4. The minimum atomic E-state index is -0.525. The Morgan fingerprint density at radius 1 is 0.719 bits per heavy atom. The molecule has 0 saturated heterocycles. The lowest BCUT2D eigenvalue weighted by atomic mass is 10.2. The van der Waals surface area contributed by atoms with Crippen LogP contribution >= 0.6 is 0 Å². The Kier molecular flexibility index (Phi) is 6.14. The molecule has 2 aromatic heterocycles. The molecule has 164 valence electrons. The average Bonchev–Trinajstić information content (AvgIpc) is 3.32. The van der Waals surface area contributed by atoms with Crippen molar-refractivity contribution < 1.29 is 9.85 Å². The standard InChI is InChI=1S/2C10H10N4O2/c2*1-7-12-10(14(15)16)6-13(7)9-5-3-2-4-8(9)11/h2*2-6H,11H2,1H3. The number of aromatic nitrogens is 4. The zero-order valence-corrected chi connectivity index (χ0v) is 17.2. The fraction of sp³-hybridized carbons (Fsp3) is 0.100. The van der Waals surface area contributed by atoms with Gasteiger partial charge in [0.15, 0.2) is 0 Å². The maximum absolute atomic E-state index is 10.6. The van der Waals surface area contributed by atoms with Crippen molar-refractivity contribution in [2.24, 2.45) is 0 Å². The van der Waals surface area contributed by atoms with Gasteiger partial charge in [-0.05, 0) is 44.1 Å². The molecule has 0 bridgehead atoms. The number of nitrogens with two attached hydrogens (primary N) is 2. The average molecular weight is 436 g/mol. The molecular weight excluding hydrogens is 416 g/mol. The highest BCUT2D eigenvalue weighted by Crippen LogP contribution is 2.22. The fourth-order valence-corrected chi connectivity index (χ4v) is 2.99. The van der Waals surface area contributed by atoms with Crippen LogP contribution in [-0.2, 0) is 0 Å². The first-order valence-corrected chi connectivity index (χ1v) is 9.29. The molecule has 0 saturated carbocycles. The van der Waals surface area contributed by atoms with Crippen LogP contribution in [0.15, 0.2) is 60.9 Å². The Hall–Kier alpha value is -4.74. The number of nitrogen functional groups attached to an aromatic ring is 2. The zero-order valence-electron chi connectivity index (χ0n) is 17.2. The molecule has 0 aliphatic carbocycles. The number of hydrogen-bond acceptors (Lipinski definition) is 8. The molecule has 0 aliphatic rings. The van der Waals surface area contributed by atoms with E-state index in [1.54, 1.807) is 59.4 Å². The van der Waals surface area contributed by atoms with Crippen molar-refractivity contribution in [3.8, 4) is 11.4 Å². The first-order chi connectivity index (χ1) is 15.2. The van der Waals surface area contributed by atoms with Gasteiger partial charge in [0.05, 0.1) is 22.7 Å². The van der Waals surface area contributed by atoms with Crippen LogP contribution in [-0.4, -0.2) is 28.9 Å². The third-order valence-corrected chi connectivity index (χ3v) is 4.51. The van der Waals surface area contributed by atoms with Crippen molar-refractivity contribution in [3.63, 3.8) is 0 Å². The lowest BCUT2D eigenvalue weighted by Gasteiger charge is -2.05. The number of benzene rings is 2. The van der Waals surface area contributed by atoms with Gasteiger partial charge in [0.25, 0.3) is 0 Å². The van der Waals surface area contributed by atoms with Crippen LogP contribution in [0.3, 0.4) is 0 Å². The van der Waals surface area contributed by atoms with Crippen molar-refractivity contribution in [1.29, 1.82) is 0 Å². The Morgan fingerprint density at radius 3 is 1.34 bits per heavy atom. The van der Waals surface area contributed by atoms with Crippen molar-refractivity contribution in [3.05, 3.63) is 92.8 Å². The molecule has 4 aromatic rings. The van der Waals surface area contributed by atoms with Crippen molar-refractivity contribution >= 4 is 23.0 Å². The predicted molar refractivity (Wildman–Crippen MR) is 119 cm³/mol. The van der Waals surface area contributed by atoms with Crippen LogP contribution in [0.2, 0.25) is 0 Å². The molecule has 32 heavy (non-hydrogen) atoms. The topological polar surface area (TPSA) is 174 Å². The van der Waals surface area contributed by atoms with E-state index in [-0.39, 0.29) is 11.6 Å². The van der Waals surface area contributed by atoms with Gasteiger partial charge in [0, 0.05) is 13.8 Å². The molecule has 0 radical (unpaired) electrons. The smallest absolute Gasteiger partial charge is 0.382 e. The van der Waals surface area contributed by atoms with Gasteiger partial charge < -0.3 is 31.7 Å². The third kappa shape index (κ3) is 4.53. The van der Waals surface area contributed by atoms with Gasteiger partial charge in [0.1, 0.15) is 12.4 Å². The van der Waals surface area contributed by atoms with E-state index in [1.807, 2.05) is 12.1 Å². The summed E-state index contributed by atoms with van der Waals surface area (Å²) in [6, 6.07) is 14.3. The summed E-state index contributed by atoms with van der Waals surface area (Å²) in [5.74, 6) is 0.704. The number of nitro groups is 2. The van der Waals surface area contributed by atoms with Gasteiger partial charge in [-0.3, -0.25) is 9.13 Å². The summed E-state index contributed by atoms with van der Waals surface area (Å²) in [7, 11) is 0. The highest BCUT2D eigenvalue weighted by Gasteiger charge is 2.18. The SMILES string of the molecule is Cc1nc([N+](=O)[O-])cn1-c1ccccc1N.Cc1nc([N+](=O)[O-])cn1-c1ccccc1N. The van der Waals surface area contributed by atoms with Crippen molar-refractivity contribution in [2.75, 3.05) is 11.5 Å². The number of rotatable bonds is 4. The second kappa shape index (κ2) is 8.95. The molecule has 12 heteroatoms. The second-order valence-corrected chi connectivity index (χ2v) is 6.66. The summed E-state index contributed by atoms with van der Waals surface area (Å²) in [5.41, 5.74) is 14.1. The van der Waals surface area contributed by atoms with E-state index in [0.717, 1.165) is 0 Å². The van der Waals surface area contributed by atoms with Crippen molar-refractivity contribution in [1.82, 2.24) is 19.1 Å². The lowest BCUT2D eigenvalue weighted by molar-refractivity contribution is -0.389. The normalized spacial score (nSPS) is 10.3. The second-order valence-electron chi connectivity index (χ2n) is 6.66. The van der Waals surface area contributed by atoms with Gasteiger partial charge >= 0.3 is 11.6 Å². The maximum Gasteiger partial charge on any atom is 0.382 e. The van der Waals surface area contributed by atoms with Gasteiger partial charge in [-0.25, -0.2) is 0 Å². The molecule has 4 N–H and O–H groups in total. The molecule has 0 amide bonds. The molecule has 0 unspecified atom stereocenters. The maximum atomic E-state index is 10.6. The van der Waals surface area contributed by atoms with Crippen LogP contribution in [0.1, 0.15) is 11.6 Å². The van der Waals surface area contributed by atoms with Gasteiger partial charge in [0.2, 0.25) is 11.6 Å². The first kappa shape index (κ1) is 22.0. The molecule has 0 spiro atoms. The third-order valence-electron chi connectivity index (χ3n) is 4.51. The quantitative estimate of drug-likeness (QED) is 0.278. The number of aryl methyl sites for hydroxylation is 2. The minimum Gasteiger partial charge on any atom is -0.397 e. The highest BCUT2D eigenvalue weighted by molar-refractivity contribution is 5.59. The van der Waals surface area contributed by atoms with Crippen LogP contribution in [0.5, 0.6) is 0 Å². The van der Waals surface area contributed by atoms with Gasteiger partial charge in [-0.1, -0.05) is 24.3 Å². The molecule has 0 fully saturated rings. The Labute approximate surface area is 182 Å². The number of nitrogens with zero attached hydrogens (tertiary/aromatic N) is 6. The fourth-order valence-electron chi connectivity index (χ4n) is 2.99. The van der Waals surface area contributed by atoms with Crippen molar-refractivity contribution in [2.45, 2.75) is 13.8 Å². The number of anilines is 2. The molecule has 12 nitrogen and oxygen atoms in total. The summed E-state index contributed by atoms with van der Waals surface area (Å²) < 4.78 is 3.21. The van der Waals surface area contributed by atoms with Crippen LogP contribution < -0.4 is 11.5 Å². The van der Waals surface area contributed by atoms with E-state index in [4.69, 9.17) is 11.5 Å². The lowest BCUT2D eigenvalue weighted by Crippen LogP contribution is -1.99. The van der Waals surface area contributed by atoms with E-state index in [1.165, 1.54) is 12.4 Å². The van der Waals surface area contributed by atoms with Crippen LogP contribution in [0.4, 0.5) is 23.0 Å². The number of hydrogen-bond donors (Lipinski definition) is 2. The Morgan fingerprint density at radius 2 is 1.06 bits per heavy atom. The summed E-state index contributed by atoms with van der Waals surface area (Å²) in [4.78, 5) is 27.8. The molecule has 4 rings (SSSR count). The van der Waals surface area contributed by atoms with E-state index in [0.29, 0.717) is 34.4 Å². The summed E-state index contributed by atoms with van der Waals surface area (Å²) in [6.45, 7) is 3.39. The van der Waals surface area contributed by atoms with Crippen LogP contribution in [0.25, 0.3) is 11.4 Å². The monoisotopic (exact) mass is 436 g/mol. The summed E-state index contributed by atoms with van der Waals surface area (Å²) >= 11 is 0. The first-order valence-electron chi connectivity index (χ1n) is 9.29. The van der Waals surface area contributed by atoms with Gasteiger partial charge in [-0.15, -0.1) is 0 Å². The molecule has 0 aliphatic heterocycles. The van der Waals surface area contributed by atoms with E-state index in [9.17, 15) is 20.2 Å². The molecule has 2 aromatic carbocycles. The highest BCUT2D eigenvalue weighted by atomic mass is 16.6.